The lowest BCUT2D eigenvalue weighted by atomic mass is 9.91. The predicted molar refractivity (Wildman–Crippen MR) is 97.6 cm³/mol. The summed E-state index contributed by atoms with van der Waals surface area (Å²) in [4.78, 5) is 2.44. The average molecular weight is 417 g/mol. The molecule has 5 nitrogen and oxygen atoms in total. The van der Waals surface area contributed by atoms with E-state index in [-0.39, 0.29) is 17.4 Å². The number of rotatable bonds is 3. The van der Waals surface area contributed by atoms with E-state index in [0.717, 1.165) is 38.0 Å². The molecule has 0 unspecified atom stereocenters. The fourth-order valence-electron chi connectivity index (χ4n) is 6.17. The lowest BCUT2D eigenvalue weighted by Gasteiger charge is -2.38. The summed E-state index contributed by atoms with van der Waals surface area (Å²) in [5.74, 6) is 1.70. The van der Waals surface area contributed by atoms with Gasteiger partial charge in [-0.3, -0.25) is 9.58 Å². The van der Waals surface area contributed by atoms with Gasteiger partial charge in [-0.15, -0.1) is 0 Å². The Balaban J connectivity index is 1.26. The maximum absolute atomic E-state index is 13.1. The first-order valence-electron chi connectivity index (χ1n) is 10.1. The summed E-state index contributed by atoms with van der Waals surface area (Å²) < 4.78 is 64.1. The summed E-state index contributed by atoms with van der Waals surface area (Å²) in [5, 5.41) is 3.84. The van der Waals surface area contributed by atoms with Gasteiger partial charge in [0.05, 0.1) is 11.5 Å². The second kappa shape index (κ2) is 5.74. The van der Waals surface area contributed by atoms with E-state index in [1.807, 2.05) is 13.8 Å². The van der Waals surface area contributed by atoms with Crippen LogP contribution in [0.15, 0.2) is 6.07 Å². The number of nitrogens with zero attached hydrogens (tertiary/aromatic N) is 3. The highest BCUT2D eigenvalue weighted by Crippen LogP contribution is 2.64. The number of hydrogen-bond donors (Lipinski definition) is 0. The molecule has 1 aromatic heterocycles. The number of halogens is 3. The highest BCUT2D eigenvalue weighted by Gasteiger charge is 2.61. The Hall–Kier alpha value is -1.09. The van der Waals surface area contributed by atoms with Crippen molar-refractivity contribution in [1.82, 2.24) is 14.7 Å². The Kier molecular flexibility index (Phi) is 3.88. The second-order valence-corrected chi connectivity index (χ2v) is 11.8. The van der Waals surface area contributed by atoms with Crippen LogP contribution in [0.2, 0.25) is 0 Å². The first-order valence-corrected chi connectivity index (χ1v) is 11.9. The molecule has 156 valence electrons. The second-order valence-electron chi connectivity index (χ2n) is 9.72. The highest BCUT2D eigenvalue weighted by atomic mass is 32.2. The Morgan fingerprint density at radius 1 is 1.21 bits per heavy atom. The van der Waals surface area contributed by atoms with E-state index in [4.69, 9.17) is 0 Å². The van der Waals surface area contributed by atoms with Gasteiger partial charge < -0.3 is 0 Å². The molecular weight excluding hydrogens is 391 g/mol. The zero-order chi connectivity index (χ0) is 20.1. The molecule has 0 bridgehead atoms. The standard InChI is InChI=1S/C19H26F3N3O2S/c1-11(2)25-15(7-16(23-25)19(20,21)22)17-13-5-12(6-14(13)17)24-4-3-18(8-24)9-28(26,27)10-18/h7,11-14,17H,3-6,8-10H2,1-2H3/t12-,13-,14+,17+. The number of aromatic nitrogens is 2. The van der Waals surface area contributed by atoms with Gasteiger partial charge >= 0.3 is 6.18 Å². The molecule has 0 amide bonds. The van der Waals surface area contributed by atoms with E-state index in [9.17, 15) is 21.6 Å². The Morgan fingerprint density at radius 3 is 2.39 bits per heavy atom. The lowest BCUT2D eigenvalue weighted by Crippen LogP contribution is -2.50. The maximum Gasteiger partial charge on any atom is 0.435 e. The van der Waals surface area contributed by atoms with Gasteiger partial charge in [-0.05, 0) is 57.6 Å². The zero-order valence-electron chi connectivity index (χ0n) is 16.1. The molecule has 2 saturated carbocycles. The van der Waals surface area contributed by atoms with Crippen LogP contribution in [0.1, 0.15) is 56.5 Å². The van der Waals surface area contributed by atoms with Crippen molar-refractivity contribution in [2.45, 2.75) is 57.3 Å². The normalized spacial score (nSPS) is 36.1. The molecule has 0 N–H and O–H groups in total. The van der Waals surface area contributed by atoms with Gasteiger partial charge in [-0.1, -0.05) is 0 Å². The van der Waals surface area contributed by atoms with Crippen molar-refractivity contribution >= 4 is 9.84 Å². The highest BCUT2D eigenvalue weighted by molar-refractivity contribution is 7.92. The first-order chi connectivity index (χ1) is 13.0. The molecule has 4 fully saturated rings. The van der Waals surface area contributed by atoms with E-state index in [1.54, 1.807) is 4.68 Å². The summed E-state index contributed by atoms with van der Waals surface area (Å²) in [6.07, 6.45) is -1.45. The molecule has 9 heteroatoms. The molecule has 5 rings (SSSR count). The van der Waals surface area contributed by atoms with Crippen molar-refractivity contribution in [3.63, 3.8) is 0 Å². The molecule has 1 spiro atoms. The van der Waals surface area contributed by atoms with Gasteiger partial charge in [-0.2, -0.15) is 18.3 Å². The van der Waals surface area contributed by atoms with Crippen molar-refractivity contribution in [2.75, 3.05) is 24.6 Å². The van der Waals surface area contributed by atoms with Gasteiger partial charge in [0.1, 0.15) is 0 Å². The SMILES string of the molecule is CC(C)n1nc(C(F)(F)F)cc1[C@H]1[C@@H]2C[C@@H](N3CCC4(C3)CS(=O)(=O)C4)C[C@@H]21. The van der Waals surface area contributed by atoms with E-state index in [1.165, 1.54) is 6.07 Å². The molecule has 4 aliphatic rings. The monoisotopic (exact) mass is 417 g/mol. The van der Waals surface area contributed by atoms with Crippen LogP contribution in [0.5, 0.6) is 0 Å². The summed E-state index contributed by atoms with van der Waals surface area (Å²) >= 11 is 0. The molecule has 3 heterocycles. The molecule has 0 radical (unpaired) electrons. The Labute approximate surface area is 163 Å². The van der Waals surface area contributed by atoms with Crippen LogP contribution in [-0.2, 0) is 16.0 Å². The molecule has 1 aromatic rings. The van der Waals surface area contributed by atoms with Crippen LogP contribution in [0.25, 0.3) is 0 Å². The van der Waals surface area contributed by atoms with Crippen molar-refractivity contribution in [1.29, 1.82) is 0 Å². The van der Waals surface area contributed by atoms with Gasteiger partial charge in [0.25, 0.3) is 0 Å². The van der Waals surface area contributed by atoms with Crippen molar-refractivity contribution in [2.24, 2.45) is 17.3 Å². The number of alkyl halides is 3. The minimum atomic E-state index is -4.41. The summed E-state index contributed by atoms with van der Waals surface area (Å²) in [5.41, 5.74) is -0.0766. The zero-order valence-corrected chi connectivity index (χ0v) is 16.9. The first kappa shape index (κ1) is 18.9. The fourth-order valence-corrected chi connectivity index (χ4v) is 8.42. The smallest absolute Gasteiger partial charge is 0.300 e. The number of fused-ring (bicyclic) bond motifs is 1. The van der Waals surface area contributed by atoms with Gasteiger partial charge in [-0.25, -0.2) is 8.42 Å². The topological polar surface area (TPSA) is 55.2 Å². The Morgan fingerprint density at radius 2 is 1.86 bits per heavy atom. The summed E-state index contributed by atoms with van der Waals surface area (Å²) in [6, 6.07) is 1.61. The number of sulfone groups is 1. The predicted octanol–water partition coefficient (Wildman–Crippen LogP) is 3.10. The van der Waals surface area contributed by atoms with E-state index in [2.05, 4.69) is 10.00 Å². The molecular formula is C19H26F3N3O2S. The molecule has 2 aliphatic heterocycles. The van der Waals surface area contributed by atoms with E-state index >= 15 is 0 Å². The third kappa shape index (κ3) is 2.91. The third-order valence-electron chi connectivity index (χ3n) is 7.34. The van der Waals surface area contributed by atoms with Crippen molar-refractivity contribution in [3.8, 4) is 0 Å². The van der Waals surface area contributed by atoms with Gasteiger partial charge in [0.2, 0.25) is 0 Å². The van der Waals surface area contributed by atoms with E-state index in [0.29, 0.717) is 29.4 Å². The summed E-state index contributed by atoms with van der Waals surface area (Å²) in [6.45, 7) is 5.55. The van der Waals surface area contributed by atoms with Crippen LogP contribution < -0.4 is 0 Å². The van der Waals surface area contributed by atoms with Crippen molar-refractivity contribution < 1.29 is 21.6 Å². The van der Waals surface area contributed by atoms with Gasteiger partial charge in [0, 0.05) is 35.7 Å². The fraction of sp³-hybridized carbons (Fsp3) is 0.842. The minimum absolute atomic E-state index is 0.0249. The lowest BCUT2D eigenvalue weighted by molar-refractivity contribution is -0.141. The maximum atomic E-state index is 13.1. The van der Waals surface area contributed by atoms with Crippen LogP contribution >= 0.6 is 0 Å². The molecule has 2 aliphatic carbocycles. The molecule has 28 heavy (non-hydrogen) atoms. The minimum Gasteiger partial charge on any atom is -0.300 e. The number of likely N-dealkylation sites (tertiary alicyclic amines) is 1. The largest absolute Gasteiger partial charge is 0.435 e. The average Bonchev–Trinajstić information content (AvgIpc) is 3.01. The van der Waals surface area contributed by atoms with E-state index < -0.39 is 21.7 Å². The van der Waals surface area contributed by atoms with Crippen LogP contribution in [-0.4, -0.2) is 53.7 Å². The van der Waals surface area contributed by atoms with Crippen LogP contribution in [0.4, 0.5) is 13.2 Å². The van der Waals surface area contributed by atoms with Gasteiger partial charge in [0.15, 0.2) is 15.5 Å². The van der Waals surface area contributed by atoms with Crippen LogP contribution in [0, 0.1) is 17.3 Å². The molecule has 4 atom stereocenters. The molecule has 0 aromatic carbocycles. The Bertz CT molecular complexity index is 884. The van der Waals surface area contributed by atoms with Crippen molar-refractivity contribution in [3.05, 3.63) is 17.5 Å². The summed E-state index contributed by atoms with van der Waals surface area (Å²) in [7, 11) is -2.82. The third-order valence-corrected chi connectivity index (χ3v) is 9.45. The number of hydrogen-bond acceptors (Lipinski definition) is 4. The quantitative estimate of drug-likeness (QED) is 0.759. The van der Waals surface area contributed by atoms with Crippen LogP contribution in [0.3, 0.4) is 0 Å². The molecule has 2 saturated heterocycles.